The minimum Gasteiger partial charge on any atom is -0.481 e. The minimum absolute atomic E-state index is 0.0302. The number of aliphatic carboxylic acids is 1. The average Bonchev–Trinajstić information content (AvgIpc) is 2.75. The Hall–Kier alpha value is -0.900. The third-order valence-corrected chi connectivity index (χ3v) is 4.17. The fraction of sp³-hybridized carbons (Fsp3) is 0.364. The quantitative estimate of drug-likeness (QED) is 0.852. The largest absolute Gasteiger partial charge is 0.481 e. The zero-order valence-corrected chi connectivity index (χ0v) is 9.29. The molecule has 1 aromatic carbocycles. The molecular weight excluding hydrogens is 263 g/mol. The van der Waals surface area contributed by atoms with Crippen LogP contribution in [0.3, 0.4) is 0 Å². The van der Waals surface area contributed by atoms with Gasteiger partial charge < -0.3 is 5.11 Å². The van der Waals surface area contributed by atoms with Gasteiger partial charge in [0.05, 0.1) is 5.92 Å². The summed E-state index contributed by atoms with van der Waals surface area (Å²) in [5.41, 5.74) is 1.59. The zero-order chi connectivity index (χ0) is 10.7. The monoisotopic (exact) mass is 270 g/mol. The van der Waals surface area contributed by atoms with Crippen LogP contribution in [0.15, 0.2) is 16.6 Å². The van der Waals surface area contributed by atoms with Gasteiger partial charge in [-0.15, -0.1) is 0 Å². The third kappa shape index (κ3) is 1.11. The molecule has 15 heavy (non-hydrogen) atoms. The van der Waals surface area contributed by atoms with Gasteiger partial charge >= 0.3 is 5.97 Å². The second-order valence-corrected chi connectivity index (χ2v) is 5.03. The lowest BCUT2D eigenvalue weighted by Crippen LogP contribution is -2.06. The zero-order valence-electron chi connectivity index (χ0n) is 7.71. The summed E-state index contributed by atoms with van der Waals surface area (Å²) >= 11 is 3.37. The SMILES string of the molecule is O=C(O)C1C2Cc3c(F)ccc(Br)c3C21. The van der Waals surface area contributed by atoms with E-state index in [1.165, 1.54) is 6.07 Å². The van der Waals surface area contributed by atoms with Gasteiger partial charge in [0.1, 0.15) is 5.82 Å². The molecule has 1 aromatic rings. The highest BCUT2D eigenvalue weighted by atomic mass is 79.9. The first-order valence-electron chi connectivity index (χ1n) is 4.81. The van der Waals surface area contributed by atoms with E-state index in [-0.39, 0.29) is 23.6 Å². The van der Waals surface area contributed by atoms with Crippen molar-refractivity contribution >= 4 is 21.9 Å². The normalized spacial score (nSPS) is 30.9. The fourth-order valence-corrected chi connectivity index (χ4v) is 3.41. The maximum atomic E-state index is 13.4. The van der Waals surface area contributed by atoms with E-state index in [2.05, 4.69) is 15.9 Å². The van der Waals surface area contributed by atoms with Crippen molar-refractivity contribution in [3.63, 3.8) is 0 Å². The average molecular weight is 271 g/mol. The van der Waals surface area contributed by atoms with Crippen molar-refractivity contribution in [3.8, 4) is 0 Å². The summed E-state index contributed by atoms with van der Waals surface area (Å²) in [6.07, 6.45) is 0.572. The molecule has 2 nitrogen and oxygen atoms in total. The summed E-state index contributed by atoms with van der Waals surface area (Å²) in [5.74, 6) is -1.11. The number of rotatable bonds is 1. The molecule has 2 aliphatic carbocycles. The van der Waals surface area contributed by atoms with Gasteiger partial charge in [-0.05, 0) is 35.6 Å². The summed E-state index contributed by atoms with van der Waals surface area (Å²) in [6, 6.07) is 3.09. The molecule has 1 fully saturated rings. The molecule has 0 aliphatic heterocycles. The van der Waals surface area contributed by atoms with Gasteiger partial charge in [0.2, 0.25) is 0 Å². The molecule has 0 aromatic heterocycles. The molecule has 1 saturated carbocycles. The highest BCUT2D eigenvalue weighted by Crippen LogP contribution is 2.63. The molecule has 2 aliphatic rings. The van der Waals surface area contributed by atoms with E-state index in [9.17, 15) is 9.18 Å². The first kappa shape index (κ1) is 9.33. The number of benzene rings is 1. The molecule has 0 amide bonds. The Bertz CT molecular complexity index is 472. The van der Waals surface area contributed by atoms with Crippen molar-refractivity contribution < 1.29 is 14.3 Å². The maximum absolute atomic E-state index is 13.4. The van der Waals surface area contributed by atoms with Crippen LogP contribution < -0.4 is 0 Å². The molecule has 0 saturated heterocycles. The second kappa shape index (κ2) is 2.82. The molecule has 3 unspecified atom stereocenters. The molecule has 1 N–H and O–H groups in total. The van der Waals surface area contributed by atoms with Crippen LogP contribution in [0.5, 0.6) is 0 Å². The van der Waals surface area contributed by atoms with E-state index in [0.29, 0.717) is 12.0 Å². The van der Waals surface area contributed by atoms with Crippen LogP contribution in [-0.4, -0.2) is 11.1 Å². The lowest BCUT2D eigenvalue weighted by molar-refractivity contribution is -0.139. The van der Waals surface area contributed by atoms with E-state index in [0.717, 1.165) is 10.0 Å². The molecule has 0 spiro atoms. The number of carbonyl (C=O) groups is 1. The van der Waals surface area contributed by atoms with Crippen LogP contribution in [0.4, 0.5) is 4.39 Å². The summed E-state index contributed by atoms with van der Waals surface area (Å²) in [4.78, 5) is 10.9. The van der Waals surface area contributed by atoms with Gasteiger partial charge in [-0.1, -0.05) is 15.9 Å². The Labute approximate surface area is 94.2 Å². The van der Waals surface area contributed by atoms with Crippen molar-refractivity contribution in [2.75, 3.05) is 0 Å². The summed E-state index contributed by atoms with van der Waals surface area (Å²) < 4.78 is 14.3. The van der Waals surface area contributed by atoms with Crippen LogP contribution in [0.25, 0.3) is 0 Å². The van der Waals surface area contributed by atoms with Gasteiger partial charge in [0, 0.05) is 10.4 Å². The number of carboxylic acid groups (broad SMARTS) is 1. The molecule has 78 valence electrons. The molecule has 0 radical (unpaired) electrons. The van der Waals surface area contributed by atoms with Crippen molar-refractivity contribution in [1.82, 2.24) is 0 Å². The Kier molecular flexibility index (Phi) is 1.75. The van der Waals surface area contributed by atoms with Crippen molar-refractivity contribution in [2.45, 2.75) is 12.3 Å². The van der Waals surface area contributed by atoms with Crippen molar-refractivity contribution in [2.24, 2.45) is 11.8 Å². The predicted octanol–water partition coefficient (Wildman–Crippen LogP) is 2.56. The number of fused-ring (bicyclic) bond motifs is 3. The van der Waals surface area contributed by atoms with E-state index in [1.54, 1.807) is 6.07 Å². The molecule has 0 heterocycles. The van der Waals surface area contributed by atoms with Crippen LogP contribution in [0, 0.1) is 17.7 Å². The number of carboxylic acids is 1. The molecule has 3 atom stereocenters. The number of hydrogen-bond acceptors (Lipinski definition) is 1. The van der Waals surface area contributed by atoms with Crippen LogP contribution in [-0.2, 0) is 11.2 Å². The van der Waals surface area contributed by atoms with E-state index in [4.69, 9.17) is 5.11 Å². The van der Waals surface area contributed by atoms with E-state index in [1.807, 2.05) is 0 Å². The summed E-state index contributed by atoms with van der Waals surface area (Å²) in [7, 11) is 0. The Morgan fingerprint density at radius 2 is 2.27 bits per heavy atom. The predicted molar refractivity (Wildman–Crippen MR) is 55.2 cm³/mol. The van der Waals surface area contributed by atoms with Crippen LogP contribution >= 0.6 is 15.9 Å². The Morgan fingerprint density at radius 3 is 2.93 bits per heavy atom. The third-order valence-electron chi connectivity index (χ3n) is 3.47. The van der Waals surface area contributed by atoms with Gasteiger partial charge in [0.25, 0.3) is 0 Å². The molecule has 3 rings (SSSR count). The highest BCUT2D eigenvalue weighted by molar-refractivity contribution is 9.10. The minimum atomic E-state index is -0.758. The Balaban J connectivity index is 2.09. The van der Waals surface area contributed by atoms with Gasteiger partial charge in [-0.25, -0.2) is 4.39 Å². The summed E-state index contributed by atoms with van der Waals surface area (Å²) in [6.45, 7) is 0. The highest BCUT2D eigenvalue weighted by Gasteiger charge is 2.60. The lowest BCUT2D eigenvalue weighted by Gasteiger charge is -2.08. The maximum Gasteiger partial charge on any atom is 0.307 e. The van der Waals surface area contributed by atoms with Crippen LogP contribution in [0.2, 0.25) is 0 Å². The fourth-order valence-electron chi connectivity index (χ4n) is 2.77. The van der Waals surface area contributed by atoms with Gasteiger partial charge in [-0.2, -0.15) is 0 Å². The topological polar surface area (TPSA) is 37.3 Å². The smallest absolute Gasteiger partial charge is 0.307 e. The molecule has 4 heteroatoms. The Morgan fingerprint density at radius 1 is 1.53 bits per heavy atom. The lowest BCUT2D eigenvalue weighted by atomic mass is 10.0. The van der Waals surface area contributed by atoms with Gasteiger partial charge in [-0.3, -0.25) is 4.79 Å². The molecule has 0 bridgehead atoms. The first-order chi connectivity index (χ1) is 7.11. The standard InChI is InChI=1S/C11H8BrFO2/c12-6-1-2-7(13)4-3-5-9(8(4)6)10(5)11(14)15/h1-2,5,9-10H,3H2,(H,14,15). The van der Waals surface area contributed by atoms with E-state index < -0.39 is 5.97 Å². The van der Waals surface area contributed by atoms with Crippen molar-refractivity contribution in [3.05, 3.63) is 33.5 Å². The van der Waals surface area contributed by atoms with E-state index >= 15 is 0 Å². The first-order valence-corrected chi connectivity index (χ1v) is 5.60. The van der Waals surface area contributed by atoms with Gasteiger partial charge in [0.15, 0.2) is 0 Å². The van der Waals surface area contributed by atoms with Crippen molar-refractivity contribution in [1.29, 1.82) is 0 Å². The number of hydrogen-bond donors (Lipinski definition) is 1. The summed E-state index contributed by atoms with van der Waals surface area (Å²) in [5, 5.41) is 8.94. The van der Waals surface area contributed by atoms with Crippen LogP contribution in [0.1, 0.15) is 17.0 Å². The molecular formula is C11H8BrFO2. The number of halogens is 2. The second-order valence-electron chi connectivity index (χ2n) is 4.18.